The highest BCUT2D eigenvalue weighted by atomic mass is 79.9. The van der Waals surface area contributed by atoms with Crippen molar-refractivity contribution in [2.24, 2.45) is 10.9 Å². The Hall–Kier alpha value is -2.08. The number of hydrogen-bond acceptors (Lipinski definition) is 4. The van der Waals surface area contributed by atoms with Crippen molar-refractivity contribution in [1.29, 1.82) is 0 Å². The molecule has 0 aliphatic rings. The van der Waals surface area contributed by atoms with Crippen LogP contribution >= 0.6 is 15.9 Å². The van der Waals surface area contributed by atoms with Crippen LogP contribution < -0.4 is 11.1 Å². The van der Waals surface area contributed by atoms with Gasteiger partial charge in [-0.05, 0) is 53.0 Å². The zero-order chi connectivity index (χ0) is 15.4. The number of aryl methyl sites for hydroxylation is 2. The Balaban J connectivity index is 2.26. The molecule has 1 aromatic carbocycles. The first-order chi connectivity index (χ1) is 10.0. The van der Waals surface area contributed by atoms with Crippen LogP contribution in [0, 0.1) is 13.8 Å². The quantitative estimate of drug-likeness (QED) is 0.343. The van der Waals surface area contributed by atoms with Crippen LogP contribution in [0.2, 0.25) is 0 Å². The lowest BCUT2D eigenvalue weighted by Crippen LogP contribution is -2.18. The first kappa shape index (κ1) is 15.3. The minimum absolute atomic E-state index is 0.00657. The van der Waals surface area contributed by atoms with Crippen LogP contribution in [-0.2, 0) is 6.54 Å². The van der Waals surface area contributed by atoms with Gasteiger partial charge in [0.15, 0.2) is 5.84 Å². The summed E-state index contributed by atoms with van der Waals surface area (Å²) in [5, 5.41) is 15.2. The van der Waals surface area contributed by atoms with Gasteiger partial charge in [-0.3, -0.25) is 4.98 Å². The molecule has 2 rings (SSSR count). The average Bonchev–Trinajstić information content (AvgIpc) is 2.45. The third kappa shape index (κ3) is 3.52. The number of rotatable bonds is 4. The first-order valence-electron chi connectivity index (χ1n) is 6.45. The molecule has 0 unspecified atom stereocenters. The molecule has 0 radical (unpaired) electrons. The topological polar surface area (TPSA) is 83.5 Å². The number of pyridine rings is 1. The second-order valence-electron chi connectivity index (χ2n) is 4.79. The number of oxime groups is 1. The van der Waals surface area contributed by atoms with E-state index in [0.29, 0.717) is 12.2 Å². The monoisotopic (exact) mass is 348 g/mol. The number of hydrogen-bond donors (Lipinski definition) is 3. The summed E-state index contributed by atoms with van der Waals surface area (Å²) >= 11 is 3.57. The minimum atomic E-state index is 0.00657. The SMILES string of the molecule is Cc1cc(C)c(NCc2cccnc2/C(N)=N/O)c(Br)c1. The summed E-state index contributed by atoms with van der Waals surface area (Å²) in [4.78, 5) is 4.15. The summed E-state index contributed by atoms with van der Waals surface area (Å²) in [5.41, 5.74) is 10.4. The van der Waals surface area contributed by atoms with Crippen LogP contribution in [0.1, 0.15) is 22.4 Å². The second kappa shape index (κ2) is 6.58. The van der Waals surface area contributed by atoms with Crippen molar-refractivity contribution < 1.29 is 5.21 Å². The Bertz CT molecular complexity index is 662. The Morgan fingerprint density at radius 2 is 2.19 bits per heavy atom. The van der Waals surface area contributed by atoms with E-state index >= 15 is 0 Å². The molecule has 5 nitrogen and oxygen atoms in total. The summed E-state index contributed by atoms with van der Waals surface area (Å²) in [6.45, 7) is 4.63. The second-order valence-corrected chi connectivity index (χ2v) is 5.64. The smallest absolute Gasteiger partial charge is 0.189 e. The van der Waals surface area contributed by atoms with E-state index in [2.05, 4.69) is 50.4 Å². The van der Waals surface area contributed by atoms with Crippen molar-refractivity contribution in [1.82, 2.24) is 4.98 Å². The molecule has 0 amide bonds. The third-order valence-corrected chi connectivity index (χ3v) is 3.75. The summed E-state index contributed by atoms with van der Waals surface area (Å²) in [6.07, 6.45) is 1.61. The van der Waals surface area contributed by atoms with Gasteiger partial charge in [-0.2, -0.15) is 0 Å². The predicted octanol–water partition coefficient (Wildman–Crippen LogP) is 3.17. The molecule has 0 fully saturated rings. The van der Waals surface area contributed by atoms with Crippen LogP contribution in [0.15, 0.2) is 40.1 Å². The standard InChI is InChI=1S/C15H17BrN4O/c1-9-6-10(2)13(12(16)7-9)19-8-11-4-3-5-18-14(11)15(17)20-21/h3-7,19,21H,8H2,1-2H3,(H2,17,20). The molecule has 0 atom stereocenters. The molecule has 1 aromatic heterocycles. The fourth-order valence-electron chi connectivity index (χ4n) is 2.18. The highest BCUT2D eigenvalue weighted by molar-refractivity contribution is 9.10. The van der Waals surface area contributed by atoms with E-state index < -0.39 is 0 Å². The molecule has 21 heavy (non-hydrogen) atoms. The average molecular weight is 349 g/mol. The van der Waals surface area contributed by atoms with E-state index in [1.54, 1.807) is 6.20 Å². The van der Waals surface area contributed by atoms with Crippen LogP contribution in [0.25, 0.3) is 0 Å². The number of nitrogens with zero attached hydrogens (tertiary/aromatic N) is 2. The first-order valence-corrected chi connectivity index (χ1v) is 7.24. The van der Waals surface area contributed by atoms with Gasteiger partial charge in [0.2, 0.25) is 0 Å². The van der Waals surface area contributed by atoms with Gasteiger partial charge in [0.05, 0.1) is 5.69 Å². The van der Waals surface area contributed by atoms with Crippen molar-refractivity contribution in [3.8, 4) is 0 Å². The molecule has 110 valence electrons. The van der Waals surface area contributed by atoms with E-state index in [1.165, 1.54) is 5.56 Å². The summed E-state index contributed by atoms with van der Waals surface area (Å²) < 4.78 is 1.01. The number of anilines is 1. The van der Waals surface area contributed by atoms with E-state index in [4.69, 9.17) is 10.9 Å². The number of nitrogens with one attached hydrogen (secondary N) is 1. The summed E-state index contributed by atoms with van der Waals surface area (Å²) in [6, 6.07) is 7.89. The molecule has 0 saturated heterocycles. The fourth-order valence-corrected chi connectivity index (χ4v) is 3.00. The molecule has 0 spiro atoms. The van der Waals surface area contributed by atoms with Crippen LogP contribution in [0.5, 0.6) is 0 Å². The predicted molar refractivity (Wildman–Crippen MR) is 87.7 cm³/mol. The molecular weight excluding hydrogens is 332 g/mol. The lowest BCUT2D eigenvalue weighted by Gasteiger charge is -2.14. The maximum absolute atomic E-state index is 8.81. The molecule has 0 aliphatic heterocycles. The molecule has 0 bridgehead atoms. The Kier molecular flexibility index (Phi) is 4.80. The maximum Gasteiger partial charge on any atom is 0.189 e. The normalized spacial score (nSPS) is 11.5. The summed E-state index contributed by atoms with van der Waals surface area (Å²) in [7, 11) is 0. The number of halogens is 1. The van der Waals surface area contributed by atoms with Gasteiger partial charge in [-0.1, -0.05) is 17.3 Å². The van der Waals surface area contributed by atoms with Gasteiger partial charge in [0.1, 0.15) is 5.69 Å². The van der Waals surface area contributed by atoms with Gasteiger partial charge < -0.3 is 16.3 Å². The van der Waals surface area contributed by atoms with Crippen molar-refractivity contribution in [3.63, 3.8) is 0 Å². The van der Waals surface area contributed by atoms with Crippen LogP contribution in [0.3, 0.4) is 0 Å². The molecule has 0 saturated carbocycles. The van der Waals surface area contributed by atoms with Crippen molar-refractivity contribution in [2.45, 2.75) is 20.4 Å². The van der Waals surface area contributed by atoms with Crippen molar-refractivity contribution >= 4 is 27.5 Å². The largest absolute Gasteiger partial charge is 0.409 e. The highest BCUT2D eigenvalue weighted by Crippen LogP contribution is 2.28. The van der Waals surface area contributed by atoms with Gasteiger partial charge in [-0.25, -0.2) is 0 Å². The molecular formula is C15H17BrN4O. The van der Waals surface area contributed by atoms with E-state index in [1.807, 2.05) is 19.1 Å². The van der Waals surface area contributed by atoms with Crippen molar-refractivity contribution in [2.75, 3.05) is 5.32 Å². The third-order valence-electron chi connectivity index (χ3n) is 3.13. The Morgan fingerprint density at radius 1 is 1.43 bits per heavy atom. The number of benzene rings is 1. The molecule has 0 aliphatic carbocycles. The van der Waals surface area contributed by atoms with Crippen LogP contribution in [0.4, 0.5) is 5.69 Å². The Labute approximate surface area is 132 Å². The highest BCUT2D eigenvalue weighted by Gasteiger charge is 2.10. The Morgan fingerprint density at radius 3 is 2.86 bits per heavy atom. The number of amidine groups is 1. The molecule has 1 heterocycles. The molecule has 6 heteroatoms. The number of aromatic nitrogens is 1. The molecule has 4 N–H and O–H groups in total. The maximum atomic E-state index is 8.81. The van der Waals surface area contributed by atoms with E-state index in [0.717, 1.165) is 21.3 Å². The minimum Gasteiger partial charge on any atom is -0.409 e. The molecule has 2 aromatic rings. The van der Waals surface area contributed by atoms with Crippen LogP contribution in [-0.4, -0.2) is 16.0 Å². The zero-order valence-electron chi connectivity index (χ0n) is 11.9. The van der Waals surface area contributed by atoms with E-state index in [9.17, 15) is 0 Å². The summed E-state index contributed by atoms with van der Waals surface area (Å²) in [5.74, 6) is 0.00657. The lowest BCUT2D eigenvalue weighted by atomic mass is 10.1. The van der Waals surface area contributed by atoms with Crippen molar-refractivity contribution in [3.05, 3.63) is 57.3 Å². The fraction of sp³-hybridized carbons (Fsp3) is 0.200. The van der Waals surface area contributed by atoms with E-state index in [-0.39, 0.29) is 5.84 Å². The van der Waals surface area contributed by atoms with Gasteiger partial charge in [0.25, 0.3) is 0 Å². The van der Waals surface area contributed by atoms with Gasteiger partial charge in [-0.15, -0.1) is 0 Å². The van der Waals surface area contributed by atoms with Gasteiger partial charge >= 0.3 is 0 Å². The number of nitrogens with two attached hydrogens (primary N) is 1. The zero-order valence-corrected chi connectivity index (χ0v) is 13.5. The lowest BCUT2D eigenvalue weighted by molar-refractivity contribution is 0.318. The van der Waals surface area contributed by atoms with Gasteiger partial charge in [0, 0.05) is 22.8 Å².